The summed E-state index contributed by atoms with van der Waals surface area (Å²) >= 11 is 3.53. The predicted octanol–water partition coefficient (Wildman–Crippen LogP) is 3.39. The van der Waals surface area contributed by atoms with Crippen molar-refractivity contribution in [2.75, 3.05) is 6.54 Å². The highest BCUT2D eigenvalue weighted by molar-refractivity contribution is 9.10. The van der Waals surface area contributed by atoms with Gasteiger partial charge in [0.25, 0.3) is 0 Å². The quantitative estimate of drug-likeness (QED) is 0.924. The second kappa shape index (κ2) is 6.02. The maximum absolute atomic E-state index is 12.5. The molecule has 1 fully saturated rings. The van der Waals surface area contributed by atoms with Gasteiger partial charge >= 0.3 is 0 Å². The molecule has 0 spiro atoms. The van der Waals surface area contributed by atoms with E-state index < -0.39 is 0 Å². The number of carbonyl (C=O) groups excluding carboxylic acids is 1. The highest BCUT2D eigenvalue weighted by Gasteiger charge is 2.30. The summed E-state index contributed by atoms with van der Waals surface area (Å²) in [4.78, 5) is 14.5. The highest BCUT2D eigenvalue weighted by Crippen LogP contribution is 2.33. The fourth-order valence-corrected chi connectivity index (χ4v) is 3.18. The largest absolute Gasteiger partial charge is 0.335 e. The first-order valence-corrected chi connectivity index (χ1v) is 7.98. The maximum Gasteiger partial charge on any atom is 0.229 e. The van der Waals surface area contributed by atoms with Gasteiger partial charge in [-0.15, -0.1) is 0 Å². The zero-order valence-electron chi connectivity index (χ0n) is 12.0. The summed E-state index contributed by atoms with van der Waals surface area (Å²) in [6, 6.07) is 8.42. The second-order valence-electron chi connectivity index (χ2n) is 5.51. The third-order valence-electron chi connectivity index (χ3n) is 4.04. The first-order chi connectivity index (χ1) is 10.1. The van der Waals surface area contributed by atoms with Crippen molar-refractivity contribution in [2.45, 2.75) is 32.2 Å². The van der Waals surface area contributed by atoms with Crippen LogP contribution in [0.5, 0.6) is 0 Å². The topological polar surface area (TPSA) is 49.0 Å². The fourth-order valence-electron chi connectivity index (χ4n) is 2.93. The van der Waals surface area contributed by atoms with Gasteiger partial charge in [-0.1, -0.05) is 28.1 Å². The molecule has 1 aromatic carbocycles. The van der Waals surface area contributed by atoms with Crippen molar-refractivity contribution in [2.24, 2.45) is 0 Å². The Morgan fingerprint density at radius 1 is 1.48 bits per heavy atom. The van der Waals surface area contributed by atoms with Gasteiger partial charge < -0.3 is 4.90 Å². The van der Waals surface area contributed by atoms with Gasteiger partial charge in [-0.3, -0.25) is 9.89 Å². The van der Waals surface area contributed by atoms with E-state index in [4.69, 9.17) is 0 Å². The number of rotatable bonds is 3. The van der Waals surface area contributed by atoms with Gasteiger partial charge in [0, 0.05) is 22.9 Å². The number of carbonyl (C=O) groups is 1. The highest BCUT2D eigenvalue weighted by atomic mass is 79.9. The van der Waals surface area contributed by atoms with Crippen LogP contribution in [0.1, 0.15) is 35.7 Å². The van der Waals surface area contributed by atoms with Crippen LogP contribution < -0.4 is 0 Å². The first kappa shape index (κ1) is 14.3. The Bertz CT molecular complexity index is 639. The van der Waals surface area contributed by atoms with Crippen molar-refractivity contribution in [1.29, 1.82) is 0 Å². The molecule has 5 heteroatoms. The van der Waals surface area contributed by atoms with Crippen molar-refractivity contribution in [3.8, 4) is 0 Å². The zero-order valence-corrected chi connectivity index (χ0v) is 13.6. The lowest BCUT2D eigenvalue weighted by Crippen LogP contribution is -2.32. The number of hydrogen-bond acceptors (Lipinski definition) is 2. The lowest BCUT2D eigenvalue weighted by Gasteiger charge is -2.25. The van der Waals surface area contributed by atoms with E-state index in [0.29, 0.717) is 6.42 Å². The number of halogens is 1. The van der Waals surface area contributed by atoms with Crippen LogP contribution in [-0.2, 0) is 11.2 Å². The van der Waals surface area contributed by atoms with Crippen LogP contribution in [0.25, 0.3) is 0 Å². The van der Waals surface area contributed by atoms with Gasteiger partial charge in [-0.2, -0.15) is 5.10 Å². The third-order valence-corrected chi connectivity index (χ3v) is 4.93. The van der Waals surface area contributed by atoms with E-state index in [0.717, 1.165) is 29.6 Å². The lowest BCUT2D eigenvalue weighted by atomic mass is 10.0. The minimum Gasteiger partial charge on any atom is -0.335 e. The molecule has 0 saturated carbocycles. The number of hydrogen-bond donors (Lipinski definition) is 1. The molecular formula is C16H18BrN3O. The average molecular weight is 348 g/mol. The van der Waals surface area contributed by atoms with Crippen LogP contribution in [0.3, 0.4) is 0 Å². The zero-order chi connectivity index (χ0) is 14.8. The summed E-state index contributed by atoms with van der Waals surface area (Å²) in [5.74, 6) is 0.169. The van der Waals surface area contributed by atoms with Crippen molar-refractivity contribution in [3.63, 3.8) is 0 Å². The fraction of sp³-hybridized carbons (Fsp3) is 0.375. The third kappa shape index (κ3) is 3.02. The SMILES string of the molecule is Cc1cc([C@@H]2CCCN2C(=O)Cc2ccn[nH]2)ccc1Br. The van der Waals surface area contributed by atoms with Crippen molar-refractivity contribution in [1.82, 2.24) is 15.1 Å². The molecule has 0 radical (unpaired) electrons. The molecule has 4 nitrogen and oxygen atoms in total. The summed E-state index contributed by atoms with van der Waals surface area (Å²) in [5.41, 5.74) is 3.31. The molecule has 1 aromatic heterocycles. The van der Waals surface area contributed by atoms with Gasteiger partial charge in [0.05, 0.1) is 12.5 Å². The maximum atomic E-state index is 12.5. The van der Waals surface area contributed by atoms with Crippen molar-refractivity contribution >= 4 is 21.8 Å². The van der Waals surface area contributed by atoms with Gasteiger partial charge in [-0.25, -0.2) is 0 Å². The molecule has 1 N–H and O–H groups in total. The first-order valence-electron chi connectivity index (χ1n) is 7.19. The molecule has 0 aliphatic carbocycles. The molecule has 0 bridgehead atoms. The molecule has 1 aliphatic heterocycles. The van der Waals surface area contributed by atoms with Crippen LogP contribution in [0.15, 0.2) is 34.9 Å². The van der Waals surface area contributed by atoms with Crippen molar-refractivity contribution < 1.29 is 4.79 Å². The van der Waals surface area contributed by atoms with E-state index in [1.165, 1.54) is 11.1 Å². The number of H-pyrrole nitrogens is 1. The Morgan fingerprint density at radius 2 is 2.33 bits per heavy atom. The summed E-state index contributed by atoms with van der Waals surface area (Å²) in [6.45, 7) is 2.92. The number of aryl methyl sites for hydroxylation is 1. The Balaban J connectivity index is 1.78. The molecule has 110 valence electrons. The molecule has 2 heterocycles. The van der Waals surface area contributed by atoms with Crippen LogP contribution in [-0.4, -0.2) is 27.5 Å². The number of aromatic amines is 1. The number of nitrogens with one attached hydrogen (secondary N) is 1. The Morgan fingerprint density at radius 3 is 3.05 bits per heavy atom. The molecule has 1 atom stereocenters. The predicted molar refractivity (Wildman–Crippen MR) is 84.9 cm³/mol. The average Bonchev–Trinajstić information content (AvgIpc) is 3.12. The molecule has 3 rings (SSSR count). The minimum atomic E-state index is 0.169. The van der Waals surface area contributed by atoms with Crippen LogP contribution >= 0.6 is 15.9 Å². The summed E-state index contributed by atoms with van der Waals surface area (Å²) in [5, 5.41) is 6.76. The number of likely N-dealkylation sites (tertiary alicyclic amines) is 1. The van der Waals surface area contributed by atoms with Gasteiger partial charge in [0.15, 0.2) is 0 Å². The minimum absolute atomic E-state index is 0.169. The monoisotopic (exact) mass is 347 g/mol. The summed E-state index contributed by atoms with van der Waals surface area (Å²) < 4.78 is 1.11. The van der Waals surface area contributed by atoms with E-state index >= 15 is 0 Å². The van der Waals surface area contributed by atoms with Crippen LogP contribution in [0, 0.1) is 6.92 Å². The molecule has 1 saturated heterocycles. The smallest absolute Gasteiger partial charge is 0.229 e. The van der Waals surface area contributed by atoms with Gasteiger partial charge in [0.2, 0.25) is 5.91 Å². The van der Waals surface area contributed by atoms with Crippen molar-refractivity contribution in [3.05, 3.63) is 51.8 Å². The van der Waals surface area contributed by atoms with E-state index in [1.807, 2.05) is 11.0 Å². The Kier molecular flexibility index (Phi) is 4.10. The van der Waals surface area contributed by atoms with Gasteiger partial charge in [-0.05, 0) is 43.0 Å². The van der Waals surface area contributed by atoms with E-state index in [2.05, 4.69) is 51.3 Å². The van der Waals surface area contributed by atoms with Crippen LogP contribution in [0.4, 0.5) is 0 Å². The Labute approximate surface area is 132 Å². The standard InChI is InChI=1S/C16H18BrN3O/c1-11-9-12(4-5-14(11)17)15-3-2-8-20(15)16(21)10-13-6-7-18-19-13/h4-7,9,15H,2-3,8,10H2,1H3,(H,18,19)/t15-/m0/s1. The lowest BCUT2D eigenvalue weighted by molar-refractivity contribution is -0.131. The number of benzene rings is 1. The van der Waals surface area contributed by atoms with E-state index in [9.17, 15) is 4.79 Å². The number of aromatic nitrogens is 2. The van der Waals surface area contributed by atoms with Gasteiger partial charge in [0.1, 0.15) is 0 Å². The summed E-state index contributed by atoms with van der Waals surface area (Å²) in [6.07, 6.45) is 4.18. The molecular weight excluding hydrogens is 330 g/mol. The normalized spacial score (nSPS) is 18.2. The van der Waals surface area contributed by atoms with E-state index in [-0.39, 0.29) is 11.9 Å². The van der Waals surface area contributed by atoms with Crippen LogP contribution in [0.2, 0.25) is 0 Å². The molecule has 2 aromatic rings. The molecule has 1 aliphatic rings. The molecule has 0 unspecified atom stereocenters. The number of amides is 1. The van der Waals surface area contributed by atoms with E-state index in [1.54, 1.807) is 6.20 Å². The second-order valence-corrected chi connectivity index (χ2v) is 6.37. The Hall–Kier alpha value is -1.62. The molecule has 21 heavy (non-hydrogen) atoms. The number of nitrogens with zero attached hydrogens (tertiary/aromatic N) is 2. The summed E-state index contributed by atoms with van der Waals surface area (Å²) in [7, 11) is 0. The molecule has 1 amide bonds.